The summed E-state index contributed by atoms with van der Waals surface area (Å²) in [6.45, 7) is 4.18. The summed E-state index contributed by atoms with van der Waals surface area (Å²) < 4.78 is 2.70. The van der Waals surface area contributed by atoms with Crippen molar-refractivity contribution < 1.29 is 0 Å². The van der Waals surface area contributed by atoms with Crippen LogP contribution in [0.2, 0.25) is 0 Å². The van der Waals surface area contributed by atoms with Gasteiger partial charge >= 0.3 is 0 Å². The Balaban J connectivity index is 2.73. The molecule has 0 aromatic carbocycles. The van der Waals surface area contributed by atoms with E-state index in [1.165, 1.54) is 0 Å². The van der Waals surface area contributed by atoms with Gasteiger partial charge in [-0.25, -0.2) is 0 Å². The first-order chi connectivity index (χ1) is 6.33. The molecule has 2 aromatic heterocycles. The minimum Gasteiger partial charge on any atom is -0.311 e. The van der Waals surface area contributed by atoms with Gasteiger partial charge in [0.1, 0.15) is 0 Å². The lowest BCUT2D eigenvalue weighted by molar-refractivity contribution is 0.790. The van der Waals surface area contributed by atoms with Crippen LogP contribution in [-0.2, 0) is 6.54 Å². The highest BCUT2D eigenvalue weighted by Gasteiger charge is 2.01. The van der Waals surface area contributed by atoms with Crippen LogP contribution < -0.4 is 5.56 Å². The van der Waals surface area contributed by atoms with Crippen LogP contribution in [0.25, 0.3) is 10.1 Å². The second-order valence-corrected chi connectivity index (χ2v) is 3.71. The van der Waals surface area contributed by atoms with E-state index >= 15 is 0 Å². The molecule has 0 spiro atoms. The molecule has 0 amide bonds. The first-order valence-electron chi connectivity index (χ1n) is 4.00. The summed E-state index contributed by atoms with van der Waals surface area (Å²) in [5, 5.41) is 2.74. The third-order valence-corrected chi connectivity index (χ3v) is 2.80. The van der Waals surface area contributed by atoms with Crippen LogP contribution >= 0.6 is 11.3 Å². The van der Waals surface area contributed by atoms with Gasteiger partial charge in [-0.3, -0.25) is 4.79 Å². The van der Waals surface area contributed by atoms with Crippen LogP contribution in [0.5, 0.6) is 0 Å². The van der Waals surface area contributed by atoms with E-state index in [2.05, 4.69) is 6.58 Å². The van der Waals surface area contributed by atoms with E-state index in [1.54, 1.807) is 22.0 Å². The SMILES string of the molecule is C=CCn1ccc2sccc2c1=O. The van der Waals surface area contributed by atoms with Crippen molar-refractivity contribution in [3.8, 4) is 0 Å². The lowest BCUT2D eigenvalue weighted by Gasteiger charge is -2.00. The number of rotatable bonds is 2. The third-order valence-electron chi connectivity index (χ3n) is 1.92. The van der Waals surface area contributed by atoms with Gasteiger partial charge in [0.15, 0.2) is 0 Å². The monoisotopic (exact) mass is 191 g/mol. The highest BCUT2D eigenvalue weighted by molar-refractivity contribution is 7.17. The Labute approximate surface area is 79.7 Å². The lowest BCUT2D eigenvalue weighted by atomic mass is 10.3. The van der Waals surface area contributed by atoms with Crippen molar-refractivity contribution in [2.75, 3.05) is 0 Å². The average Bonchev–Trinajstić information content (AvgIpc) is 2.58. The summed E-state index contributed by atoms with van der Waals surface area (Å²) in [5.41, 5.74) is 0.0682. The molecule has 0 aliphatic rings. The maximum Gasteiger partial charge on any atom is 0.259 e. The van der Waals surface area contributed by atoms with Gasteiger partial charge in [-0.2, -0.15) is 0 Å². The Morgan fingerprint density at radius 2 is 2.38 bits per heavy atom. The fourth-order valence-electron chi connectivity index (χ4n) is 1.29. The predicted molar refractivity (Wildman–Crippen MR) is 56.3 cm³/mol. The Hall–Kier alpha value is -1.35. The maximum atomic E-state index is 11.7. The topological polar surface area (TPSA) is 22.0 Å². The highest BCUT2D eigenvalue weighted by Crippen LogP contribution is 2.15. The second-order valence-electron chi connectivity index (χ2n) is 2.76. The number of thiophene rings is 1. The molecule has 2 aromatic rings. The van der Waals surface area contributed by atoms with E-state index in [0.29, 0.717) is 6.54 Å². The quantitative estimate of drug-likeness (QED) is 0.667. The van der Waals surface area contributed by atoms with Crippen LogP contribution in [0.15, 0.2) is 41.2 Å². The van der Waals surface area contributed by atoms with E-state index < -0.39 is 0 Å². The maximum absolute atomic E-state index is 11.7. The molecule has 2 nitrogen and oxygen atoms in total. The molecule has 0 radical (unpaired) electrons. The number of aromatic nitrogens is 1. The number of allylic oxidation sites excluding steroid dienone is 1. The van der Waals surface area contributed by atoms with E-state index in [1.807, 2.05) is 23.7 Å². The normalized spacial score (nSPS) is 10.5. The smallest absolute Gasteiger partial charge is 0.259 e. The van der Waals surface area contributed by atoms with Crippen molar-refractivity contribution in [1.82, 2.24) is 4.57 Å². The summed E-state index contributed by atoms with van der Waals surface area (Å²) in [6.07, 6.45) is 3.53. The summed E-state index contributed by atoms with van der Waals surface area (Å²) in [7, 11) is 0. The lowest BCUT2D eigenvalue weighted by Crippen LogP contribution is -2.17. The predicted octanol–water partition coefficient (Wildman–Crippen LogP) is 2.25. The summed E-state index contributed by atoms with van der Waals surface area (Å²) in [4.78, 5) is 11.7. The zero-order valence-electron chi connectivity index (χ0n) is 7.06. The van der Waals surface area contributed by atoms with Gasteiger partial charge in [0.2, 0.25) is 0 Å². The molecule has 2 heterocycles. The van der Waals surface area contributed by atoms with Gasteiger partial charge in [0.05, 0.1) is 5.39 Å². The zero-order chi connectivity index (χ0) is 9.26. The van der Waals surface area contributed by atoms with Crippen LogP contribution in [-0.4, -0.2) is 4.57 Å². The number of nitrogens with zero attached hydrogens (tertiary/aromatic N) is 1. The molecular formula is C10H9NOS. The number of fused-ring (bicyclic) bond motifs is 1. The van der Waals surface area contributed by atoms with Crippen molar-refractivity contribution in [3.05, 3.63) is 46.7 Å². The van der Waals surface area contributed by atoms with Crippen LogP contribution in [0.1, 0.15) is 0 Å². The zero-order valence-corrected chi connectivity index (χ0v) is 7.88. The first-order valence-corrected chi connectivity index (χ1v) is 4.88. The molecule has 0 aliphatic heterocycles. The van der Waals surface area contributed by atoms with E-state index in [0.717, 1.165) is 10.1 Å². The molecule has 0 unspecified atom stereocenters. The van der Waals surface area contributed by atoms with E-state index in [-0.39, 0.29) is 5.56 Å². The second kappa shape index (κ2) is 3.18. The van der Waals surface area contributed by atoms with Crippen LogP contribution in [0, 0.1) is 0 Å². The summed E-state index contributed by atoms with van der Waals surface area (Å²) >= 11 is 1.59. The molecule has 66 valence electrons. The van der Waals surface area contributed by atoms with Crippen molar-refractivity contribution in [2.24, 2.45) is 0 Å². The number of hydrogen-bond donors (Lipinski definition) is 0. The van der Waals surface area contributed by atoms with Gasteiger partial charge in [-0.05, 0) is 17.5 Å². The summed E-state index contributed by atoms with van der Waals surface area (Å²) in [5.74, 6) is 0. The van der Waals surface area contributed by atoms with E-state index in [9.17, 15) is 4.79 Å². The van der Waals surface area contributed by atoms with Crippen LogP contribution in [0.3, 0.4) is 0 Å². The Morgan fingerprint density at radius 1 is 1.54 bits per heavy atom. The van der Waals surface area contributed by atoms with Crippen molar-refractivity contribution >= 4 is 21.4 Å². The first kappa shape index (κ1) is 8.26. The Morgan fingerprint density at radius 3 is 3.15 bits per heavy atom. The molecule has 0 saturated carbocycles. The molecular weight excluding hydrogens is 182 g/mol. The van der Waals surface area contributed by atoms with Crippen molar-refractivity contribution in [1.29, 1.82) is 0 Å². The molecule has 0 bridgehead atoms. The van der Waals surface area contributed by atoms with E-state index in [4.69, 9.17) is 0 Å². The minimum absolute atomic E-state index is 0.0682. The Bertz CT molecular complexity index is 495. The van der Waals surface area contributed by atoms with Gasteiger partial charge in [0.25, 0.3) is 5.56 Å². The minimum atomic E-state index is 0.0682. The average molecular weight is 191 g/mol. The largest absolute Gasteiger partial charge is 0.311 e. The van der Waals surface area contributed by atoms with Gasteiger partial charge < -0.3 is 4.57 Å². The molecule has 0 atom stereocenters. The Kier molecular flexibility index (Phi) is 2.02. The molecule has 0 aliphatic carbocycles. The van der Waals surface area contributed by atoms with Crippen molar-refractivity contribution in [2.45, 2.75) is 6.54 Å². The van der Waals surface area contributed by atoms with Crippen LogP contribution in [0.4, 0.5) is 0 Å². The van der Waals surface area contributed by atoms with Gasteiger partial charge in [-0.1, -0.05) is 6.08 Å². The molecule has 3 heteroatoms. The standard InChI is InChI=1S/C10H9NOS/c1-2-5-11-6-3-9-8(10(11)12)4-7-13-9/h2-4,6-7H,1,5H2. The van der Waals surface area contributed by atoms with Gasteiger partial charge in [0, 0.05) is 17.4 Å². The fourth-order valence-corrected chi connectivity index (χ4v) is 2.06. The molecule has 2 rings (SSSR count). The molecule has 0 saturated heterocycles. The molecule has 0 N–H and O–H groups in total. The third kappa shape index (κ3) is 1.31. The molecule has 0 fully saturated rings. The fraction of sp³-hybridized carbons (Fsp3) is 0.100. The van der Waals surface area contributed by atoms with Gasteiger partial charge in [-0.15, -0.1) is 17.9 Å². The van der Waals surface area contributed by atoms with Crippen molar-refractivity contribution in [3.63, 3.8) is 0 Å². The number of pyridine rings is 1. The molecule has 13 heavy (non-hydrogen) atoms. The number of hydrogen-bond acceptors (Lipinski definition) is 2. The summed E-state index contributed by atoms with van der Waals surface area (Å²) in [6, 6.07) is 3.83. The highest BCUT2D eigenvalue weighted by atomic mass is 32.1.